The van der Waals surface area contributed by atoms with E-state index >= 15 is 0 Å². The molecule has 1 aliphatic heterocycles. The van der Waals surface area contributed by atoms with Crippen molar-refractivity contribution in [1.82, 2.24) is 5.01 Å². The van der Waals surface area contributed by atoms with Gasteiger partial charge in [0.15, 0.2) is 4.32 Å². The van der Waals surface area contributed by atoms with E-state index in [1.807, 2.05) is 0 Å². The van der Waals surface area contributed by atoms with Crippen molar-refractivity contribution < 1.29 is 9.18 Å². The Labute approximate surface area is 101 Å². The molecule has 1 saturated heterocycles. The fourth-order valence-corrected chi connectivity index (χ4v) is 2.10. The summed E-state index contributed by atoms with van der Waals surface area (Å²) in [7, 11) is 0. The van der Waals surface area contributed by atoms with E-state index in [4.69, 9.17) is 12.2 Å². The van der Waals surface area contributed by atoms with Crippen molar-refractivity contribution in [3.05, 3.63) is 35.6 Å². The maximum Gasteiger partial charge on any atom is 0.259 e. The number of thioether (sulfide) groups is 1. The van der Waals surface area contributed by atoms with Gasteiger partial charge in [-0.3, -0.25) is 4.79 Å². The number of hydrazone groups is 1. The second-order valence-electron chi connectivity index (χ2n) is 3.06. The molecule has 0 unspecified atom stereocenters. The summed E-state index contributed by atoms with van der Waals surface area (Å²) in [6.45, 7) is 0. The Hall–Kier alpha value is -1.27. The third kappa shape index (κ3) is 2.45. The highest BCUT2D eigenvalue weighted by molar-refractivity contribution is 8.23. The van der Waals surface area contributed by atoms with Gasteiger partial charge in [-0.05, 0) is 17.7 Å². The number of thiocarbonyl (C=S) groups is 1. The van der Waals surface area contributed by atoms with E-state index in [0.29, 0.717) is 15.6 Å². The molecule has 0 N–H and O–H groups in total. The summed E-state index contributed by atoms with van der Waals surface area (Å²) in [5, 5.41) is 5.14. The molecule has 0 radical (unpaired) electrons. The zero-order valence-corrected chi connectivity index (χ0v) is 9.72. The van der Waals surface area contributed by atoms with Gasteiger partial charge < -0.3 is 0 Å². The SMILES string of the molecule is O=C1CSC(=S)N1/N=C\c1ccc(F)cc1. The number of rotatable bonds is 2. The van der Waals surface area contributed by atoms with Gasteiger partial charge in [0.2, 0.25) is 0 Å². The molecular formula is C10H7FN2OS2. The largest absolute Gasteiger partial charge is 0.272 e. The molecule has 0 saturated carbocycles. The molecule has 0 aliphatic carbocycles. The number of hydrogen-bond donors (Lipinski definition) is 0. The van der Waals surface area contributed by atoms with Crippen molar-refractivity contribution in [3.63, 3.8) is 0 Å². The van der Waals surface area contributed by atoms with Gasteiger partial charge in [0, 0.05) is 0 Å². The number of nitrogens with zero attached hydrogens (tertiary/aromatic N) is 2. The van der Waals surface area contributed by atoms with Crippen molar-refractivity contribution >= 4 is 40.4 Å². The predicted octanol–water partition coefficient (Wildman–Crippen LogP) is 2.02. The van der Waals surface area contributed by atoms with E-state index < -0.39 is 0 Å². The molecule has 82 valence electrons. The summed E-state index contributed by atoms with van der Waals surface area (Å²) in [5.74, 6) is -0.103. The third-order valence-corrected chi connectivity index (χ3v) is 3.26. The van der Waals surface area contributed by atoms with Gasteiger partial charge in [0.1, 0.15) is 5.82 Å². The quantitative estimate of drug-likeness (QED) is 0.598. The van der Waals surface area contributed by atoms with Crippen LogP contribution in [0, 0.1) is 5.82 Å². The maximum atomic E-state index is 12.6. The van der Waals surface area contributed by atoms with Gasteiger partial charge in [-0.2, -0.15) is 10.1 Å². The minimum Gasteiger partial charge on any atom is -0.272 e. The van der Waals surface area contributed by atoms with Crippen molar-refractivity contribution in [2.24, 2.45) is 5.10 Å². The van der Waals surface area contributed by atoms with Crippen molar-refractivity contribution in [1.29, 1.82) is 0 Å². The number of amides is 1. The maximum absolute atomic E-state index is 12.6. The molecule has 3 nitrogen and oxygen atoms in total. The first-order valence-electron chi connectivity index (χ1n) is 4.46. The van der Waals surface area contributed by atoms with E-state index in [1.165, 1.54) is 35.1 Å². The molecule has 16 heavy (non-hydrogen) atoms. The van der Waals surface area contributed by atoms with Crippen LogP contribution < -0.4 is 0 Å². The Balaban J connectivity index is 2.12. The van der Waals surface area contributed by atoms with Crippen molar-refractivity contribution in [2.45, 2.75) is 0 Å². The topological polar surface area (TPSA) is 32.7 Å². The number of benzene rings is 1. The lowest BCUT2D eigenvalue weighted by Crippen LogP contribution is -2.22. The molecule has 2 rings (SSSR count). The summed E-state index contributed by atoms with van der Waals surface area (Å²) >= 11 is 6.23. The molecular weight excluding hydrogens is 247 g/mol. The minimum atomic E-state index is -0.305. The molecule has 0 aromatic heterocycles. The Morgan fingerprint density at radius 3 is 2.69 bits per heavy atom. The highest BCUT2D eigenvalue weighted by Gasteiger charge is 2.25. The van der Waals surface area contributed by atoms with E-state index in [9.17, 15) is 9.18 Å². The Morgan fingerprint density at radius 1 is 1.44 bits per heavy atom. The second kappa shape index (κ2) is 4.71. The highest BCUT2D eigenvalue weighted by Crippen LogP contribution is 2.19. The molecule has 6 heteroatoms. The van der Waals surface area contributed by atoms with Crippen LogP contribution in [0.25, 0.3) is 0 Å². The summed E-state index contributed by atoms with van der Waals surface area (Å²) < 4.78 is 13.1. The smallest absolute Gasteiger partial charge is 0.259 e. The van der Waals surface area contributed by atoms with Crippen LogP contribution >= 0.6 is 24.0 Å². The van der Waals surface area contributed by atoms with Crippen molar-refractivity contribution in [3.8, 4) is 0 Å². The van der Waals surface area contributed by atoms with Crippen LogP contribution in [0.3, 0.4) is 0 Å². The molecule has 1 fully saturated rings. The first kappa shape index (κ1) is 11.2. The average Bonchev–Trinajstić information content (AvgIpc) is 2.59. The number of hydrogen-bond acceptors (Lipinski definition) is 4. The Bertz CT molecular complexity index is 442. The monoisotopic (exact) mass is 254 g/mol. The lowest BCUT2D eigenvalue weighted by Gasteiger charge is -2.05. The van der Waals surface area contributed by atoms with Crippen LogP contribution in [0.2, 0.25) is 0 Å². The fourth-order valence-electron chi connectivity index (χ4n) is 1.13. The average molecular weight is 254 g/mol. The fraction of sp³-hybridized carbons (Fsp3) is 0.100. The molecule has 1 amide bonds. The van der Waals surface area contributed by atoms with Crippen LogP contribution in [0.5, 0.6) is 0 Å². The van der Waals surface area contributed by atoms with Crippen LogP contribution in [0.4, 0.5) is 4.39 Å². The zero-order valence-electron chi connectivity index (χ0n) is 8.09. The van der Waals surface area contributed by atoms with Gasteiger partial charge in [0.05, 0.1) is 12.0 Å². The molecule has 0 atom stereocenters. The first-order valence-corrected chi connectivity index (χ1v) is 5.85. The van der Waals surface area contributed by atoms with Gasteiger partial charge in [0.25, 0.3) is 5.91 Å². The summed E-state index contributed by atoms with van der Waals surface area (Å²) in [4.78, 5) is 11.3. The number of carbonyl (C=O) groups is 1. The Kier molecular flexibility index (Phi) is 3.31. The number of carbonyl (C=O) groups excluding carboxylic acids is 1. The molecule has 0 bridgehead atoms. The predicted molar refractivity (Wildman–Crippen MR) is 65.9 cm³/mol. The molecule has 1 aromatic rings. The Morgan fingerprint density at radius 2 is 2.12 bits per heavy atom. The molecule has 1 heterocycles. The second-order valence-corrected chi connectivity index (χ2v) is 4.67. The minimum absolute atomic E-state index is 0.131. The standard InChI is InChI=1S/C10H7FN2OS2/c11-8-3-1-7(2-4-8)5-12-13-9(14)6-16-10(13)15/h1-5H,6H2/b12-5-. The molecule has 1 aliphatic rings. The summed E-state index contributed by atoms with van der Waals surface area (Å²) in [6.07, 6.45) is 1.48. The third-order valence-electron chi connectivity index (χ3n) is 1.92. The van der Waals surface area contributed by atoms with Gasteiger partial charge in [-0.15, -0.1) is 0 Å². The van der Waals surface area contributed by atoms with Gasteiger partial charge in [-0.25, -0.2) is 4.39 Å². The summed E-state index contributed by atoms with van der Waals surface area (Å²) in [6, 6.07) is 5.82. The molecule has 0 spiro atoms. The van der Waals surface area contributed by atoms with E-state index in [0.717, 1.165) is 0 Å². The van der Waals surface area contributed by atoms with Gasteiger partial charge in [-0.1, -0.05) is 36.1 Å². The van der Waals surface area contributed by atoms with E-state index in [-0.39, 0.29) is 11.7 Å². The van der Waals surface area contributed by atoms with Crippen LogP contribution in [0.1, 0.15) is 5.56 Å². The van der Waals surface area contributed by atoms with E-state index in [1.54, 1.807) is 12.1 Å². The highest BCUT2D eigenvalue weighted by atomic mass is 32.2. The lowest BCUT2D eigenvalue weighted by atomic mass is 10.2. The zero-order chi connectivity index (χ0) is 11.5. The first-order chi connectivity index (χ1) is 7.66. The van der Waals surface area contributed by atoms with Crippen LogP contribution in [-0.4, -0.2) is 27.2 Å². The van der Waals surface area contributed by atoms with Crippen molar-refractivity contribution in [2.75, 3.05) is 5.75 Å². The normalized spacial score (nSPS) is 16.4. The summed E-state index contributed by atoms with van der Waals surface area (Å²) in [5.41, 5.74) is 0.717. The van der Waals surface area contributed by atoms with Crippen LogP contribution in [0.15, 0.2) is 29.4 Å². The van der Waals surface area contributed by atoms with E-state index in [2.05, 4.69) is 5.10 Å². The van der Waals surface area contributed by atoms with Crippen LogP contribution in [-0.2, 0) is 4.79 Å². The van der Waals surface area contributed by atoms with Gasteiger partial charge >= 0.3 is 0 Å². The number of halogens is 1. The molecule has 1 aromatic carbocycles. The lowest BCUT2D eigenvalue weighted by molar-refractivity contribution is -0.123.